The SMILES string of the molecule is CNC(=O)Cn1c(=O)n(C2CCN(C3Cc4cccc5ccc(Cl)c3c45)CC2)c2ccccc21.O=C(O)C(=O)O. The van der Waals surface area contributed by atoms with Gasteiger partial charge in [0.1, 0.15) is 6.54 Å². The van der Waals surface area contributed by atoms with Crippen LogP contribution in [0, 0.1) is 0 Å². The van der Waals surface area contributed by atoms with Crippen LogP contribution in [0.2, 0.25) is 5.02 Å². The van der Waals surface area contributed by atoms with E-state index >= 15 is 0 Å². The van der Waals surface area contributed by atoms with Crippen LogP contribution in [0.25, 0.3) is 21.8 Å². The number of halogens is 1. The van der Waals surface area contributed by atoms with E-state index in [0.717, 1.165) is 48.4 Å². The fourth-order valence-electron chi connectivity index (χ4n) is 5.99. The van der Waals surface area contributed by atoms with Crippen molar-refractivity contribution in [1.29, 1.82) is 0 Å². The Labute approximate surface area is 234 Å². The Balaban J connectivity index is 0.000000487. The van der Waals surface area contributed by atoms with Crippen molar-refractivity contribution in [2.75, 3.05) is 20.1 Å². The molecule has 1 atom stereocenters. The molecule has 1 aliphatic heterocycles. The van der Waals surface area contributed by atoms with Crippen LogP contribution < -0.4 is 11.0 Å². The number of nitrogens with zero attached hydrogens (tertiary/aromatic N) is 3. The topological polar surface area (TPSA) is 134 Å². The Morgan fingerprint density at radius 2 is 1.62 bits per heavy atom. The van der Waals surface area contributed by atoms with Gasteiger partial charge in [-0.1, -0.05) is 48.0 Å². The monoisotopic (exact) mass is 564 g/mol. The molecular weight excluding hydrogens is 536 g/mol. The van der Waals surface area contributed by atoms with E-state index in [2.05, 4.69) is 34.5 Å². The zero-order valence-corrected chi connectivity index (χ0v) is 22.6. The van der Waals surface area contributed by atoms with Gasteiger partial charge in [0, 0.05) is 37.2 Å². The number of piperidine rings is 1. The quantitative estimate of drug-likeness (QED) is 0.323. The largest absolute Gasteiger partial charge is 0.473 e. The molecule has 0 bridgehead atoms. The number of carbonyl (C=O) groups excluding carboxylic acids is 1. The lowest BCUT2D eigenvalue weighted by Crippen LogP contribution is -2.40. The zero-order chi connectivity index (χ0) is 28.6. The molecule has 11 heteroatoms. The number of hydrogen-bond donors (Lipinski definition) is 3. The van der Waals surface area contributed by atoms with Crippen LogP contribution in [0.1, 0.15) is 36.1 Å². The van der Waals surface area contributed by atoms with Gasteiger partial charge < -0.3 is 15.5 Å². The number of amides is 1. The predicted molar refractivity (Wildman–Crippen MR) is 151 cm³/mol. The van der Waals surface area contributed by atoms with Crippen molar-refractivity contribution in [2.24, 2.45) is 0 Å². The summed E-state index contributed by atoms with van der Waals surface area (Å²) in [6.45, 7) is 1.83. The fraction of sp³-hybridized carbons (Fsp3) is 0.310. The number of fused-ring (bicyclic) bond motifs is 1. The maximum atomic E-state index is 13.4. The van der Waals surface area contributed by atoms with E-state index in [-0.39, 0.29) is 30.2 Å². The predicted octanol–water partition coefficient (Wildman–Crippen LogP) is 3.45. The standard InChI is InChI=1S/C27H27ClN4O2.C2H2O4/c1-29-24(33)16-31-21-7-2-3-8-22(21)32(27(31)34)19-11-13-30(14-12-19)23-15-18-6-4-5-17-9-10-20(28)26(23)25(17)18;3-1(4)2(5)6/h2-10,19,23H,11-16H2,1H3,(H,29,33);(H,3,4)(H,5,6). The van der Waals surface area contributed by atoms with E-state index in [0.29, 0.717) is 0 Å². The van der Waals surface area contributed by atoms with Crippen molar-refractivity contribution in [3.63, 3.8) is 0 Å². The first-order chi connectivity index (χ1) is 19.2. The highest BCUT2D eigenvalue weighted by Crippen LogP contribution is 2.45. The number of aliphatic carboxylic acids is 2. The van der Waals surface area contributed by atoms with Crippen LogP contribution in [0.5, 0.6) is 0 Å². The summed E-state index contributed by atoms with van der Waals surface area (Å²) in [6, 6.07) is 18.8. The minimum atomic E-state index is -1.82. The molecule has 6 rings (SSSR count). The molecule has 1 aliphatic carbocycles. The second kappa shape index (κ2) is 11.1. The fourth-order valence-corrected chi connectivity index (χ4v) is 6.28. The number of likely N-dealkylation sites (N-methyl/N-ethyl adjacent to an activating group) is 1. The molecule has 2 aliphatic rings. The molecule has 4 aromatic rings. The van der Waals surface area contributed by atoms with Gasteiger partial charge in [-0.05, 0) is 59.4 Å². The van der Waals surface area contributed by atoms with Gasteiger partial charge in [-0.25, -0.2) is 14.4 Å². The second-order valence-corrected chi connectivity index (χ2v) is 10.4. The number of benzene rings is 3. The normalized spacial score (nSPS) is 17.0. The molecule has 40 heavy (non-hydrogen) atoms. The lowest BCUT2D eigenvalue weighted by atomic mass is 9.99. The molecule has 1 fully saturated rings. The summed E-state index contributed by atoms with van der Waals surface area (Å²) in [7, 11) is 1.59. The van der Waals surface area contributed by atoms with Gasteiger partial charge in [-0.2, -0.15) is 0 Å². The van der Waals surface area contributed by atoms with Gasteiger partial charge in [0.15, 0.2) is 0 Å². The smallest absolute Gasteiger partial charge is 0.414 e. The molecule has 0 radical (unpaired) electrons. The van der Waals surface area contributed by atoms with E-state index in [9.17, 15) is 9.59 Å². The lowest BCUT2D eigenvalue weighted by molar-refractivity contribution is -0.159. The number of carboxylic acids is 2. The van der Waals surface area contributed by atoms with Gasteiger partial charge >= 0.3 is 17.6 Å². The molecule has 3 N–H and O–H groups in total. The first kappa shape index (κ1) is 27.4. The summed E-state index contributed by atoms with van der Waals surface area (Å²) < 4.78 is 3.50. The van der Waals surface area contributed by atoms with Gasteiger partial charge in [-0.15, -0.1) is 0 Å². The molecule has 208 valence electrons. The molecular formula is C29H29ClN4O6. The summed E-state index contributed by atoms with van der Waals surface area (Å²) in [5.41, 5.74) is 4.23. The Kier molecular flexibility index (Phi) is 7.64. The number of likely N-dealkylation sites (tertiary alicyclic amines) is 1. The third-order valence-corrected chi connectivity index (χ3v) is 8.13. The number of nitrogens with one attached hydrogen (secondary N) is 1. The van der Waals surface area contributed by atoms with E-state index in [1.165, 1.54) is 21.9 Å². The minimum absolute atomic E-state index is 0.0323. The van der Waals surface area contributed by atoms with Gasteiger partial charge in [0.25, 0.3) is 0 Å². The second-order valence-electron chi connectivity index (χ2n) is 9.97. The van der Waals surface area contributed by atoms with Crippen molar-refractivity contribution in [3.8, 4) is 0 Å². The van der Waals surface area contributed by atoms with Crippen LogP contribution in [-0.4, -0.2) is 62.2 Å². The number of rotatable bonds is 4. The van der Waals surface area contributed by atoms with Gasteiger partial charge in [-0.3, -0.25) is 18.8 Å². The summed E-state index contributed by atoms with van der Waals surface area (Å²) in [5.74, 6) is -3.82. The van der Waals surface area contributed by atoms with Crippen LogP contribution in [0.15, 0.2) is 59.4 Å². The first-order valence-corrected chi connectivity index (χ1v) is 13.4. The van der Waals surface area contributed by atoms with Crippen molar-refractivity contribution in [1.82, 2.24) is 19.4 Å². The van der Waals surface area contributed by atoms with Crippen molar-refractivity contribution < 1.29 is 24.6 Å². The molecule has 3 aromatic carbocycles. The van der Waals surface area contributed by atoms with E-state index in [1.807, 2.05) is 34.9 Å². The molecule has 0 spiro atoms. The summed E-state index contributed by atoms with van der Waals surface area (Å²) in [5, 5.41) is 20.8. The average molecular weight is 565 g/mol. The zero-order valence-electron chi connectivity index (χ0n) is 21.8. The van der Waals surface area contributed by atoms with Gasteiger partial charge in [0.05, 0.1) is 11.0 Å². The van der Waals surface area contributed by atoms with Crippen LogP contribution in [-0.2, 0) is 27.3 Å². The Bertz CT molecular complexity index is 1670. The minimum Gasteiger partial charge on any atom is -0.473 e. The van der Waals surface area contributed by atoms with Crippen LogP contribution in [0.4, 0.5) is 0 Å². The van der Waals surface area contributed by atoms with Gasteiger partial charge in [0.2, 0.25) is 5.91 Å². The Morgan fingerprint density at radius 1 is 0.950 bits per heavy atom. The lowest BCUT2D eigenvalue weighted by Gasteiger charge is -2.37. The molecule has 1 saturated heterocycles. The van der Waals surface area contributed by atoms with Crippen LogP contribution in [0.3, 0.4) is 0 Å². The maximum Gasteiger partial charge on any atom is 0.414 e. The van der Waals surface area contributed by atoms with E-state index in [1.54, 1.807) is 11.6 Å². The van der Waals surface area contributed by atoms with Crippen molar-refractivity contribution >= 4 is 51.3 Å². The Hall–Kier alpha value is -4.15. The number of carbonyl (C=O) groups is 3. The number of carboxylic acid groups (broad SMARTS) is 2. The number of para-hydroxylation sites is 2. The van der Waals surface area contributed by atoms with Crippen molar-refractivity contribution in [2.45, 2.75) is 37.9 Å². The van der Waals surface area contributed by atoms with E-state index in [4.69, 9.17) is 31.4 Å². The third-order valence-electron chi connectivity index (χ3n) is 7.80. The van der Waals surface area contributed by atoms with E-state index < -0.39 is 11.9 Å². The van der Waals surface area contributed by atoms with Crippen molar-refractivity contribution in [3.05, 3.63) is 81.2 Å². The highest BCUT2D eigenvalue weighted by atomic mass is 35.5. The number of hydrogen-bond acceptors (Lipinski definition) is 5. The molecule has 1 amide bonds. The highest BCUT2D eigenvalue weighted by Gasteiger charge is 2.34. The molecule has 10 nitrogen and oxygen atoms in total. The molecule has 2 heterocycles. The van der Waals surface area contributed by atoms with Crippen LogP contribution >= 0.6 is 11.6 Å². The number of imidazole rings is 1. The maximum absolute atomic E-state index is 13.4. The molecule has 1 unspecified atom stereocenters. The highest BCUT2D eigenvalue weighted by molar-refractivity contribution is 6.32. The molecule has 1 aromatic heterocycles. The summed E-state index contributed by atoms with van der Waals surface area (Å²) in [4.78, 5) is 46.2. The number of aromatic nitrogens is 2. The average Bonchev–Trinajstić information content (AvgIpc) is 3.48. The third kappa shape index (κ3) is 4.96. The summed E-state index contributed by atoms with van der Waals surface area (Å²) in [6.07, 6.45) is 2.75. The summed E-state index contributed by atoms with van der Waals surface area (Å²) >= 11 is 6.71. The molecule has 0 saturated carbocycles. The Morgan fingerprint density at radius 3 is 2.27 bits per heavy atom. The first-order valence-electron chi connectivity index (χ1n) is 13.0.